The van der Waals surface area contributed by atoms with Gasteiger partial charge in [0.05, 0.1) is 6.61 Å². The quantitative estimate of drug-likeness (QED) is 0.351. The first-order valence-corrected chi connectivity index (χ1v) is 11.6. The molecule has 0 aliphatic carbocycles. The average Bonchev–Trinajstić information content (AvgIpc) is 3.12. The van der Waals surface area contributed by atoms with E-state index in [2.05, 4.69) is 0 Å². The van der Waals surface area contributed by atoms with Gasteiger partial charge in [-0.2, -0.15) is 0 Å². The summed E-state index contributed by atoms with van der Waals surface area (Å²) in [6.45, 7) is 0.916. The third kappa shape index (κ3) is 3.32. The van der Waals surface area contributed by atoms with Crippen molar-refractivity contribution in [1.29, 1.82) is 0 Å². The Bertz CT molecular complexity index is 1220. The van der Waals surface area contributed by atoms with Crippen LogP contribution in [0.4, 0.5) is 15.3 Å². The fourth-order valence-electron chi connectivity index (χ4n) is 5.32. The molecule has 0 unspecified atom stereocenters. The number of para-hydroxylation sites is 1. The van der Waals surface area contributed by atoms with Gasteiger partial charge >= 0.3 is 18.0 Å². The molecule has 0 radical (unpaired) electrons. The molecule has 0 spiro atoms. The van der Waals surface area contributed by atoms with Crippen LogP contribution in [-0.2, 0) is 38.9 Å². The van der Waals surface area contributed by atoms with E-state index in [4.69, 9.17) is 4.74 Å². The van der Waals surface area contributed by atoms with E-state index in [0.717, 1.165) is 33.1 Å². The van der Waals surface area contributed by atoms with Gasteiger partial charge < -0.3 is 9.64 Å². The Morgan fingerprint density at radius 2 is 1.18 bits per heavy atom. The number of nitrogens with zero attached hydrogens (tertiary/aromatic N) is 5. The molecule has 14 heteroatoms. The molecule has 0 saturated carbocycles. The van der Waals surface area contributed by atoms with E-state index in [1.807, 2.05) is 0 Å². The number of hydrogen-bond acceptors (Lipinski definition) is 9. The Balaban J connectivity index is 2.07. The van der Waals surface area contributed by atoms with E-state index in [9.17, 15) is 38.4 Å². The first-order valence-electron chi connectivity index (χ1n) is 11.6. The summed E-state index contributed by atoms with van der Waals surface area (Å²) in [5.74, 6) is -10.5. The summed E-state index contributed by atoms with van der Waals surface area (Å²) in [6, 6.07) is 3.85. The second-order valence-corrected chi connectivity index (χ2v) is 9.10. The van der Waals surface area contributed by atoms with Gasteiger partial charge in [-0.05, 0) is 18.6 Å². The Labute approximate surface area is 216 Å². The maximum absolute atomic E-state index is 14.5. The third-order valence-electron chi connectivity index (χ3n) is 7.20. The van der Waals surface area contributed by atoms with Crippen LogP contribution in [0.2, 0.25) is 0 Å². The number of fused-ring (bicyclic) bond motifs is 1. The largest absolute Gasteiger partial charge is 0.465 e. The van der Waals surface area contributed by atoms with Crippen molar-refractivity contribution in [3.8, 4) is 0 Å². The second-order valence-electron chi connectivity index (χ2n) is 9.10. The maximum Gasteiger partial charge on any atom is 0.332 e. The maximum atomic E-state index is 14.5. The molecule has 3 heterocycles. The van der Waals surface area contributed by atoms with Crippen LogP contribution in [0.1, 0.15) is 12.5 Å². The zero-order valence-corrected chi connectivity index (χ0v) is 21.3. The topological polar surface area (TPSA) is 162 Å². The smallest absolute Gasteiger partial charge is 0.332 e. The Hall–Kier alpha value is -4.62. The summed E-state index contributed by atoms with van der Waals surface area (Å²) >= 11 is 0. The average molecular weight is 527 g/mol. The van der Waals surface area contributed by atoms with Crippen molar-refractivity contribution in [2.75, 3.05) is 46.2 Å². The molecule has 9 amide bonds. The number of anilines is 1. The fourth-order valence-corrected chi connectivity index (χ4v) is 5.32. The Morgan fingerprint density at radius 3 is 1.61 bits per heavy atom. The van der Waals surface area contributed by atoms with E-state index in [1.165, 1.54) is 24.3 Å². The van der Waals surface area contributed by atoms with E-state index < -0.39 is 71.4 Å². The minimum absolute atomic E-state index is 0.00223. The van der Waals surface area contributed by atoms with Crippen LogP contribution in [-0.4, -0.2) is 109 Å². The number of benzene rings is 1. The lowest BCUT2D eigenvalue weighted by atomic mass is 9.60. The molecule has 0 N–H and O–H groups in total. The predicted octanol–water partition coefficient (Wildman–Crippen LogP) is -0.833. The third-order valence-corrected chi connectivity index (χ3v) is 7.20. The number of amides is 9. The van der Waals surface area contributed by atoms with Gasteiger partial charge in [0, 0.05) is 33.9 Å². The van der Waals surface area contributed by atoms with Crippen LogP contribution in [0, 0.1) is 11.8 Å². The Morgan fingerprint density at radius 1 is 0.763 bits per heavy atom. The number of esters is 1. The highest BCUT2D eigenvalue weighted by atomic mass is 16.5. The van der Waals surface area contributed by atoms with E-state index in [0.29, 0.717) is 19.6 Å². The van der Waals surface area contributed by atoms with Crippen molar-refractivity contribution in [2.45, 2.75) is 12.3 Å². The van der Waals surface area contributed by atoms with Gasteiger partial charge in [-0.1, -0.05) is 18.2 Å². The molecule has 1 aromatic rings. The molecule has 1 aromatic carbocycles. The molecule has 0 atom stereocenters. The van der Waals surface area contributed by atoms with Crippen LogP contribution in [0.3, 0.4) is 0 Å². The van der Waals surface area contributed by atoms with Crippen molar-refractivity contribution in [1.82, 2.24) is 19.6 Å². The fraction of sp³-hybridized carbons (Fsp3) is 0.417. The zero-order chi connectivity index (χ0) is 28.3. The number of rotatable bonds is 5. The normalized spacial score (nSPS) is 20.7. The molecular formula is C24H25N5O9. The van der Waals surface area contributed by atoms with Crippen LogP contribution in [0.15, 0.2) is 24.3 Å². The summed E-state index contributed by atoms with van der Waals surface area (Å²) in [7, 11) is 4.40. The summed E-state index contributed by atoms with van der Waals surface area (Å²) in [4.78, 5) is 110. The molecule has 0 bridgehead atoms. The minimum Gasteiger partial charge on any atom is -0.465 e. The number of carbonyl (C=O) groups is 8. The van der Waals surface area contributed by atoms with Crippen LogP contribution in [0.25, 0.3) is 0 Å². The lowest BCUT2D eigenvalue weighted by Crippen LogP contribution is -2.71. The van der Waals surface area contributed by atoms with Gasteiger partial charge in [0.1, 0.15) is 23.8 Å². The lowest BCUT2D eigenvalue weighted by molar-refractivity contribution is -0.163. The molecule has 38 heavy (non-hydrogen) atoms. The second kappa shape index (κ2) is 9.04. The number of hydrogen-bond donors (Lipinski definition) is 0. The van der Waals surface area contributed by atoms with Crippen LogP contribution < -0.4 is 4.90 Å². The van der Waals surface area contributed by atoms with Crippen LogP contribution >= 0.6 is 0 Å². The minimum atomic E-state index is -2.53. The molecule has 200 valence electrons. The first-order chi connectivity index (χ1) is 17.8. The van der Waals surface area contributed by atoms with Crippen molar-refractivity contribution in [2.24, 2.45) is 11.8 Å². The highest BCUT2D eigenvalue weighted by molar-refractivity contribution is 6.28. The molecule has 14 nitrogen and oxygen atoms in total. The Kier molecular flexibility index (Phi) is 6.29. The highest BCUT2D eigenvalue weighted by Gasteiger charge is 2.71. The van der Waals surface area contributed by atoms with E-state index in [1.54, 1.807) is 6.92 Å². The summed E-state index contributed by atoms with van der Waals surface area (Å²) in [6.07, 6.45) is 0. The summed E-state index contributed by atoms with van der Waals surface area (Å²) in [5, 5.41) is 0. The molecule has 2 fully saturated rings. The van der Waals surface area contributed by atoms with Crippen molar-refractivity contribution in [3.05, 3.63) is 29.8 Å². The SMILES string of the molecule is CCOC(=O)CN1C(=O)C(C2C(=O)N(C)C(=O)N(C)C2=O)(C2C(=O)N(C)C(=O)N(C)C2=O)c2ccccc21. The number of urea groups is 2. The standard InChI is InChI=1S/C24H25N5O9/c1-6-38-14(30)11-29-13-10-8-7-9-12(13)24(21(29)35,15-17(31)25(2)22(36)26(3)18(15)32)16-19(33)27(4)23(37)28(5)20(16)34/h7-10,15-16H,6,11H2,1-5H3. The van der Waals surface area contributed by atoms with Gasteiger partial charge in [-0.15, -0.1) is 0 Å². The molecule has 4 rings (SSSR count). The van der Waals surface area contributed by atoms with Crippen molar-refractivity contribution < 1.29 is 43.1 Å². The number of ether oxygens (including phenoxy) is 1. The number of imide groups is 4. The van der Waals surface area contributed by atoms with E-state index >= 15 is 0 Å². The monoisotopic (exact) mass is 527 g/mol. The lowest BCUT2D eigenvalue weighted by Gasteiger charge is -2.46. The highest BCUT2D eigenvalue weighted by Crippen LogP contribution is 2.54. The summed E-state index contributed by atoms with van der Waals surface area (Å²) in [5.41, 5.74) is -2.52. The van der Waals surface area contributed by atoms with Gasteiger partial charge in [-0.3, -0.25) is 48.4 Å². The molecular weight excluding hydrogens is 502 g/mol. The molecule has 2 saturated heterocycles. The van der Waals surface area contributed by atoms with Gasteiger partial charge in [0.15, 0.2) is 0 Å². The van der Waals surface area contributed by atoms with Crippen LogP contribution in [0.5, 0.6) is 0 Å². The van der Waals surface area contributed by atoms with Crippen molar-refractivity contribution in [3.63, 3.8) is 0 Å². The molecule has 3 aliphatic rings. The number of carbonyl (C=O) groups excluding carboxylic acids is 8. The molecule has 0 aromatic heterocycles. The van der Waals surface area contributed by atoms with Gasteiger partial charge in [0.2, 0.25) is 29.5 Å². The number of barbiturate groups is 2. The first kappa shape index (κ1) is 26.4. The van der Waals surface area contributed by atoms with Gasteiger partial charge in [0.25, 0.3) is 0 Å². The predicted molar refractivity (Wildman–Crippen MR) is 126 cm³/mol. The van der Waals surface area contributed by atoms with Gasteiger partial charge in [-0.25, -0.2) is 9.59 Å². The van der Waals surface area contributed by atoms with E-state index in [-0.39, 0.29) is 17.9 Å². The summed E-state index contributed by atoms with van der Waals surface area (Å²) < 4.78 is 4.98. The molecule has 3 aliphatic heterocycles. The van der Waals surface area contributed by atoms with Crippen molar-refractivity contribution >= 4 is 53.3 Å². The zero-order valence-electron chi connectivity index (χ0n) is 21.3.